The van der Waals surface area contributed by atoms with Crippen molar-refractivity contribution in [3.05, 3.63) is 35.7 Å². The summed E-state index contributed by atoms with van der Waals surface area (Å²) in [6.45, 7) is 0. The van der Waals surface area contributed by atoms with E-state index in [9.17, 15) is 0 Å². The maximum Gasteiger partial charge on any atom is 0.101 e. The molecule has 0 atom stereocenters. The van der Waals surface area contributed by atoms with E-state index in [2.05, 4.69) is 27.0 Å². The van der Waals surface area contributed by atoms with Crippen LogP contribution in [0.25, 0.3) is 6.08 Å². The second kappa shape index (κ2) is 5.50. The van der Waals surface area contributed by atoms with Crippen molar-refractivity contribution in [1.82, 2.24) is 4.98 Å². The van der Waals surface area contributed by atoms with E-state index in [0.29, 0.717) is 5.56 Å². The van der Waals surface area contributed by atoms with Crippen LogP contribution in [0.15, 0.2) is 24.5 Å². The zero-order chi connectivity index (χ0) is 9.52. The average molecular weight is 237 g/mol. The largest absolute Gasteiger partial charge is 0.263 e. The average Bonchev–Trinajstić information content (AvgIpc) is 2.19. The summed E-state index contributed by atoms with van der Waals surface area (Å²) in [4.78, 5) is 3.95. The molecule has 0 saturated carbocycles. The lowest BCUT2D eigenvalue weighted by Crippen LogP contribution is -1.80. The number of pyridine rings is 1. The Morgan fingerprint density at radius 3 is 3.08 bits per heavy atom. The Hall–Kier alpha value is -1.14. The van der Waals surface area contributed by atoms with Crippen LogP contribution in [-0.4, -0.2) is 10.3 Å². The van der Waals surface area contributed by atoms with Crippen LogP contribution in [0.4, 0.5) is 0 Å². The molecule has 3 heteroatoms. The van der Waals surface area contributed by atoms with Crippen LogP contribution >= 0.6 is 15.9 Å². The van der Waals surface area contributed by atoms with Gasteiger partial charge in [-0.3, -0.25) is 4.98 Å². The highest BCUT2D eigenvalue weighted by Crippen LogP contribution is 2.04. The summed E-state index contributed by atoms with van der Waals surface area (Å²) in [6, 6.07) is 3.87. The Bertz CT molecular complexity index is 339. The summed E-state index contributed by atoms with van der Waals surface area (Å²) in [5.74, 6) is 0. The standard InChI is InChI=1S/C10H9BrN2/c11-4-2-1-3-9-5-10(6-12)8-13-7-9/h1,3,5,7-8H,2,4H2. The maximum absolute atomic E-state index is 8.61. The lowest BCUT2D eigenvalue weighted by Gasteiger charge is -1.92. The van der Waals surface area contributed by atoms with Crippen LogP contribution in [0.3, 0.4) is 0 Å². The second-order valence-electron chi connectivity index (χ2n) is 2.50. The first kappa shape index (κ1) is 9.94. The van der Waals surface area contributed by atoms with Crippen molar-refractivity contribution in [3.8, 4) is 6.07 Å². The number of hydrogen-bond donors (Lipinski definition) is 0. The molecule has 0 aliphatic rings. The summed E-state index contributed by atoms with van der Waals surface area (Å²) in [6.07, 6.45) is 8.30. The minimum atomic E-state index is 0.598. The first-order chi connectivity index (χ1) is 6.36. The summed E-state index contributed by atoms with van der Waals surface area (Å²) in [5, 5.41) is 9.57. The van der Waals surface area contributed by atoms with Gasteiger partial charge in [-0.25, -0.2) is 0 Å². The molecule has 0 N–H and O–H groups in total. The van der Waals surface area contributed by atoms with Crippen LogP contribution in [0.5, 0.6) is 0 Å². The van der Waals surface area contributed by atoms with E-state index >= 15 is 0 Å². The van der Waals surface area contributed by atoms with Gasteiger partial charge in [0.1, 0.15) is 6.07 Å². The molecular weight excluding hydrogens is 228 g/mol. The van der Waals surface area contributed by atoms with Gasteiger partial charge in [0, 0.05) is 17.7 Å². The zero-order valence-corrected chi connectivity index (χ0v) is 8.66. The second-order valence-corrected chi connectivity index (χ2v) is 3.29. The molecule has 0 amide bonds. The summed E-state index contributed by atoms with van der Waals surface area (Å²) >= 11 is 3.33. The van der Waals surface area contributed by atoms with Crippen molar-refractivity contribution >= 4 is 22.0 Å². The molecule has 0 saturated heterocycles. The van der Waals surface area contributed by atoms with Crippen LogP contribution in [0.2, 0.25) is 0 Å². The number of rotatable bonds is 3. The highest BCUT2D eigenvalue weighted by Gasteiger charge is 1.90. The van der Waals surface area contributed by atoms with Gasteiger partial charge in [0.25, 0.3) is 0 Å². The van der Waals surface area contributed by atoms with Gasteiger partial charge in [0.2, 0.25) is 0 Å². The van der Waals surface area contributed by atoms with Crippen molar-refractivity contribution in [2.24, 2.45) is 0 Å². The Morgan fingerprint density at radius 2 is 2.38 bits per heavy atom. The van der Waals surface area contributed by atoms with Crippen molar-refractivity contribution in [3.63, 3.8) is 0 Å². The van der Waals surface area contributed by atoms with Gasteiger partial charge < -0.3 is 0 Å². The van der Waals surface area contributed by atoms with E-state index in [1.165, 1.54) is 0 Å². The topological polar surface area (TPSA) is 36.7 Å². The van der Waals surface area contributed by atoms with Crippen molar-refractivity contribution in [2.45, 2.75) is 6.42 Å². The smallest absolute Gasteiger partial charge is 0.101 e. The van der Waals surface area contributed by atoms with Gasteiger partial charge in [-0.15, -0.1) is 0 Å². The number of nitriles is 1. The molecule has 0 aromatic carbocycles. The highest BCUT2D eigenvalue weighted by atomic mass is 79.9. The van der Waals surface area contributed by atoms with Crippen LogP contribution in [-0.2, 0) is 0 Å². The van der Waals surface area contributed by atoms with Crippen LogP contribution < -0.4 is 0 Å². The molecule has 0 radical (unpaired) electrons. The number of halogens is 1. The third-order valence-corrected chi connectivity index (χ3v) is 1.93. The molecule has 0 fully saturated rings. The zero-order valence-electron chi connectivity index (χ0n) is 7.07. The van der Waals surface area contributed by atoms with E-state index in [4.69, 9.17) is 5.26 Å². The minimum absolute atomic E-state index is 0.598. The molecule has 1 aromatic rings. The van der Waals surface area contributed by atoms with Crippen molar-refractivity contribution < 1.29 is 0 Å². The number of hydrogen-bond acceptors (Lipinski definition) is 2. The summed E-state index contributed by atoms with van der Waals surface area (Å²) in [5.41, 5.74) is 1.57. The lowest BCUT2D eigenvalue weighted by atomic mass is 10.2. The summed E-state index contributed by atoms with van der Waals surface area (Å²) < 4.78 is 0. The fraction of sp³-hybridized carbons (Fsp3) is 0.200. The molecule has 1 aromatic heterocycles. The predicted octanol–water partition coefficient (Wildman–Crippen LogP) is 2.75. The molecule has 13 heavy (non-hydrogen) atoms. The SMILES string of the molecule is N#Cc1cncc(C=CCCBr)c1. The van der Waals surface area contributed by atoms with E-state index in [0.717, 1.165) is 17.3 Å². The van der Waals surface area contributed by atoms with E-state index in [-0.39, 0.29) is 0 Å². The van der Waals surface area contributed by atoms with Crippen LogP contribution in [0, 0.1) is 11.3 Å². The van der Waals surface area contributed by atoms with Gasteiger partial charge in [-0.1, -0.05) is 28.1 Å². The molecule has 66 valence electrons. The van der Waals surface area contributed by atoms with Gasteiger partial charge in [0.05, 0.1) is 5.56 Å². The Labute approximate surface area is 86.0 Å². The molecule has 0 aliphatic carbocycles. The molecule has 2 nitrogen and oxygen atoms in total. The number of allylic oxidation sites excluding steroid dienone is 1. The molecule has 0 spiro atoms. The van der Waals surface area contributed by atoms with Gasteiger partial charge >= 0.3 is 0 Å². The lowest BCUT2D eigenvalue weighted by molar-refractivity contribution is 1.26. The summed E-state index contributed by atoms with van der Waals surface area (Å²) in [7, 11) is 0. The Kier molecular flexibility index (Phi) is 4.20. The molecular formula is C10H9BrN2. The number of alkyl halides is 1. The predicted molar refractivity (Wildman–Crippen MR) is 56.4 cm³/mol. The van der Waals surface area contributed by atoms with E-state index in [1.807, 2.05) is 18.2 Å². The van der Waals surface area contributed by atoms with Crippen molar-refractivity contribution in [1.29, 1.82) is 5.26 Å². The molecule has 1 rings (SSSR count). The molecule has 1 heterocycles. The van der Waals surface area contributed by atoms with Crippen LogP contribution in [0.1, 0.15) is 17.5 Å². The van der Waals surface area contributed by atoms with Crippen molar-refractivity contribution in [2.75, 3.05) is 5.33 Å². The first-order valence-electron chi connectivity index (χ1n) is 3.94. The fourth-order valence-electron chi connectivity index (χ4n) is 0.892. The Balaban J connectivity index is 2.73. The quantitative estimate of drug-likeness (QED) is 0.758. The highest BCUT2D eigenvalue weighted by molar-refractivity contribution is 9.09. The van der Waals surface area contributed by atoms with Gasteiger partial charge in [0.15, 0.2) is 0 Å². The third kappa shape index (κ3) is 3.39. The first-order valence-corrected chi connectivity index (χ1v) is 5.06. The molecule has 0 unspecified atom stereocenters. The van der Waals surface area contributed by atoms with Gasteiger partial charge in [-0.05, 0) is 18.1 Å². The van der Waals surface area contributed by atoms with E-state index in [1.54, 1.807) is 12.4 Å². The van der Waals surface area contributed by atoms with E-state index < -0.39 is 0 Å². The minimum Gasteiger partial charge on any atom is -0.263 e. The maximum atomic E-state index is 8.61. The van der Waals surface area contributed by atoms with Gasteiger partial charge in [-0.2, -0.15) is 5.26 Å². The third-order valence-electron chi connectivity index (χ3n) is 1.47. The fourth-order valence-corrected chi connectivity index (χ4v) is 1.16. The monoisotopic (exact) mass is 236 g/mol. The number of nitrogens with zero attached hydrogens (tertiary/aromatic N) is 2. The Morgan fingerprint density at radius 1 is 1.54 bits per heavy atom. The normalized spacial score (nSPS) is 10.2. The number of aromatic nitrogens is 1. The molecule has 0 bridgehead atoms. The molecule has 0 aliphatic heterocycles.